The third-order valence-electron chi connectivity index (χ3n) is 5.48. The first-order valence-corrected chi connectivity index (χ1v) is 10.3. The van der Waals surface area contributed by atoms with Crippen molar-refractivity contribution in [3.05, 3.63) is 119 Å². The summed E-state index contributed by atoms with van der Waals surface area (Å²) >= 11 is 0. The Morgan fingerprint density at radius 2 is 1.56 bits per heavy atom. The Bertz CT molecular complexity index is 1370. The quantitative estimate of drug-likeness (QED) is 0.404. The van der Waals surface area contributed by atoms with Crippen molar-refractivity contribution in [1.29, 1.82) is 0 Å². The lowest BCUT2D eigenvalue weighted by Crippen LogP contribution is -2.33. The summed E-state index contributed by atoms with van der Waals surface area (Å²) in [5.41, 5.74) is 2.08. The van der Waals surface area contributed by atoms with Crippen molar-refractivity contribution in [1.82, 2.24) is 5.01 Å². The molecule has 2 heterocycles. The molecule has 0 unspecified atom stereocenters. The lowest BCUT2D eigenvalue weighted by atomic mass is 9.93. The molecule has 0 spiro atoms. The van der Waals surface area contributed by atoms with E-state index in [4.69, 9.17) is 0 Å². The molecule has 0 atom stereocenters. The second-order valence-corrected chi connectivity index (χ2v) is 7.71. The average molecular weight is 465 g/mol. The van der Waals surface area contributed by atoms with Gasteiger partial charge in [-0.05, 0) is 42.0 Å². The number of halogens is 5. The van der Waals surface area contributed by atoms with E-state index < -0.39 is 23.4 Å². The van der Waals surface area contributed by atoms with Crippen LogP contribution in [0.1, 0.15) is 22.3 Å². The van der Waals surface area contributed by atoms with Gasteiger partial charge in [0.1, 0.15) is 17.5 Å². The molecule has 0 saturated heterocycles. The van der Waals surface area contributed by atoms with E-state index in [1.807, 2.05) is 30.3 Å². The first-order chi connectivity index (χ1) is 16.3. The largest absolute Gasteiger partial charge is 0.416 e. The number of amidine groups is 1. The Balaban J connectivity index is 1.57. The van der Waals surface area contributed by atoms with E-state index in [1.165, 1.54) is 24.3 Å². The van der Waals surface area contributed by atoms with Gasteiger partial charge in [-0.25, -0.2) is 18.8 Å². The van der Waals surface area contributed by atoms with E-state index in [0.717, 1.165) is 23.8 Å². The summed E-state index contributed by atoms with van der Waals surface area (Å²) in [7, 11) is 0. The minimum Gasteiger partial charge on any atom is -0.243 e. The maximum Gasteiger partial charge on any atom is 0.416 e. The number of hydrogen-bond acceptors (Lipinski definition) is 3. The number of rotatable bonds is 3. The molecule has 0 bridgehead atoms. The van der Waals surface area contributed by atoms with Crippen molar-refractivity contribution in [2.45, 2.75) is 6.18 Å². The summed E-state index contributed by atoms with van der Waals surface area (Å²) in [6.07, 6.45) is -1.01. The Morgan fingerprint density at radius 3 is 2.24 bits per heavy atom. The van der Waals surface area contributed by atoms with Crippen molar-refractivity contribution >= 4 is 22.8 Å². The second kappa shape index (κ2) is 8.37. The highest BCUT2D eigenvalue weighted by atomic mass is 19.4. The van der Waals surface area contributed by atoms with Gasteiger partial charge in [0.05, 0.1) is 23.5 Å². The summed E-state index contributed by atoms with van der Waals surface area (Å²) in [4.78, 5) is 4.56. The molecule has 170 valence electrons. The Kier molecular flexibility index (Phi) is 5.36. The first kappa shape index (κ1) is 21.8. The summed E-state index contributed by atoms with van der Waals surface area (Å²) < 4.78 is 67.0. The van der Waals surface area contributed by atoms with Gasteiger partial charge in [0.2, 0.25) is 0 Å². The monoisotopic (exact) mass is 465 g/mol. The van der Waals surface area contributed by atoms with Gasteiger partial charge in [-0.2, -0.15) is 18.3 Å². The van der Waals surface area contributed by atoms with E-state index in [9.17, 15) is 22.0 Å². The lowest BCUT2D eigenvalue weighted by Gasteiger charge is -2.29. The average Bonchev–Trinajstić information content (AvgIpc) is 2.83. The van der Waals surface area contributed by atoms with E-state index >= 15 is 0 Å². The molecular formula is C26H16F5N3. The number of hydrazone groups is 1. The molecule has 2 aliphatic heterocycles. The Labute approximate surface area is 191 Å². The van der Waals surface area contributed by atoms with Crippen molar-refractivity contribution < 1.29 is 22.0 Å². The summed E-state index contributed by atoms with van der Waals surface area (Å²) in [5.74, 6) is -1.03. The summed E-state index contributed by atoms with van der Waals surface area (Å²) in [6.45, 7) is 0.321. The molecule has 3 aromatic carbocycles. The number of allylic oxidation sites excluding steroid dienone is 1. The molecule has 0 aliphatic carbocycles. The smallest absolute Gasteiger partial charge is 0.243 e. The van der Waals surface area contributed by atoms with Crippen molar-refractivity contribution in [2.24, 2.45) is 10.1 Å². The van der Waals surface area contributed by atoms with E-state index in [2.05, 4.69) is 10.1 Å². The van der Waals surface area contributed by atoms with Crippen LogP contribution < -0.4 is 0 Å². The molecule has 5 rings (SSSR count). The number of fused-ring (bicyclic) bond motifs is 1. The zero-order valence-electron chi connectivity index (χ0n) is 17.5. The molecule has 3 nitrogen and oxygen atoms in total. The van der Waals surface area contributed by atoms with Crippen LogP contribution in [0.5, 0.6) is 0 Å². The number of aliphatic imine (C=N–C) groups is 1. The zero-order chi connectivity index (χ0) is 23.9. The van der Waals surface area contributed by atoms with Gasteiger partial charge in [0.25, 0.3) is 0 Å². The molecule has 34 heavy (non-hydrogen) atoms. The van der Waals surface area contributed by atoms with Gasteiger partial charge >= 0.3 is 6.18 Å². The molecule has 2 aliphatic rings. The van der Waals surface area contributed by atoms with E-state index in [1.54, 1.807) is 17.2 Å². The fourth-order valence-corrected chi connectivity index (χ4v) is 3.80. The second-order valence-electron chi connectivity index (χ2n) is 7.71. The number of hydrogen-bond donors (Lipinski definition) is 0. The number of nitrogens with zero attached hydrogens (tertiary/aromatic N) is 3. The normalized spacial score (nSPS) is 15.7. The zero-order valence-corrected chi connectivity index (χ0v) is 17.5. The standard InChI is InChI=1S/C26H16F5N3/c27-19-10-11-20(22(28)14-19)21-15-24-32-23(16-6-8-18(9-7-16)26(29,30)31)12-13-34(24)33-25(21)17-4-2-1-3-5-17/h1-12,14-15H,13H2. The first-order valence-electron chi connectivity index (χ1n) is 10.3. The van der Waals surface area contributed by atoms with Crippen LogP contribution in [0, 0.1) is 11.6 Å². The van der Waals surface area contributed by atoms with Gasteiger partial charge in [-0.15, -0.1) is 0 Å². The SMILES string of the molecule is Fc1ccc(C2=CC3=NC(c4ccc(C(F)(F)F)cc4)=CCN3N=C2c2ccccc2)c(F)c1. The summed E-state index contributed by atoms with van der Waals surface area (Å²) in [5, 5.41) is 6.29. The summed E-state index contributed by atoms with van der Waals surface area (Å²) in [6, 6.07) is 17.2. The van der Waals surface area contributed by atoms with Crippen molar-refractivity contribution in [3.63, 3.8) is 0 Å². The Morgan fingerprint density at radius 1 is 0.824 bits per heavy atom. The van der Waals surface area contributed by atoms with E-state index in [-0.39, 0.29) is 5.56 Å². The third-order valence-corrected chi connectivity index (χ3v) is 5.48. The molecule has 0 aromatic heterocycles. The number of benzene rings is 3. The lowest BCUT2D eigenvalue weighted by molar-refractivity contribution is -0.137. The molecule has 0 amide bonds. The van der Waals surface area contributed by atoms with Crippen LogP contribution in [0.3, 0.4) is 0 Å². The highest BCUT2D eigenvalue weighted by molar-refractivity contribution is 6.36. The van der Waals surface area contributed by atoms with Crippen LogP contribution >= 0.6 is 0 Å². The van der Waals surface area contributed by atoms with Crippen molar-refractivity contribution in [2.75, 3.05) is 6.54 Å². The highest BCUT2D eigenvalue weighted by Crippen LogP contribution is 2.33. The van der Waals surface area contributed by atoms with Crippen molar-refractivity contribution in [3.8, 4) is 0 Å². The van der Waals surface area contributed by atoms with Crippen LogP contribution in [-0.4, -0.2) is 23.1 Å². The highest BCUT2D eigenvalue weighted by Gasteiger charge is 2.30. The minimum atomic E-state index is -4.43. The molecule has 8 heteroatoms. The fourth-order valence-electron chi connectivity index (χ4n) is 3.80. The van der Waals surface area contributed by atoms with Crippen LogP contribution in [0.4, 0.5) is 22.0 Å². The van der Waals surface area contributed by atoms with Crippen LogP contribution in [0.2, 0.25) is 0 Å². The van der Waals surface area contributed by atoms with E-state index in [0.29, 0.717) is 34.9 Å². The van der Waals surface area contributed by atoms with Gasteiger partial charge in [-0.3, -0.25) is 0 Å². The Hall–Kier alpha value is -4.07. The predicted molar refractivity (Wildman–Crippen MR) is 121 cm³/mol. The maximum atomic E-state index is 14.7. The topological polar surface area (TPSA) is 28.0 Å². The van der Waals surface area contributed by atoms with Gasteiger partial charge < -0.3 is 0 Å². The molecule has 0 N–H and O–H groups in total. The van der Waals surface area contributed by atoms with Crippen LogP contribution in [-0.2, 0) is 6.18 Å². The molecule has 3 aromatic rings. The van der Waals surface area contributed by atoms with Gasteiger partial charge in [0, 0.05) is 22.8 Å². The van der Waals surface area contributed by atoms with Crippen LogP contribution in [0.15, 0.2) is 95.0 Å². The molecular weight excluding hydrogens is 449 g/mol. The minimum absolute atomic E-state index is 0.164. The predicted octanol–water partition coefficient (Wildman–Crippen LogP) is 6.54. The molecule has 0 saturated carbocycles. The fraction of sp³-hybridized carbons (Fsp3) is 0.0769. The van der Waals surface area contributed by atoms with Gasteiger partial charge in [0.15, 0.2) is 0 Å². The molecule has 0 radical (unpaired) electrons. The van der Waals surface area contributed by atoms with Crippen LogP contribution in [0.25, 0.3) is 11.3 Å². The molecule has 0 fully saturated rings. The third kappa shape index (κ3) is 4.14. The maximum absolute atomic E-state index is 14.7. The van der Waals surface area contributed by atoms with Gasteiger partial charge in [-0.1, -0.05) is 42.5 Å². The number of alkyl halides is 3.